The van der Waals surface area contributed by atoms with Crippen LogP contribution in [0.3, 0.4) is 0 Å². The van der Waals surface area contributed by atoms with Crippen molar-refractivity contribution in [1.82, 2.24) is 20.0 Å². The van der Waals surface area contributed by atoms with Gasteiger partial charge in [0.15, 0.2) is 5.96 Å². The van der Waals surface area contributed by atoms with Crippen LogP contribution in [-0.2, 0) is 11.3 Å². The van der Waals surface area contributed by atoms with Crippen LogP contribution in [0.1, 0.15) is 37.5 Å². The standard InChI is InChI=1S/C22H37N5OS.HI/c1-2-23-21(26-13-11-25(12-14-26)18-20-6-5-17-29-20)24-19-22(7-15-28-16-8-22)27-9-3-4-10-27;/h5-6,17H,2-4,7-16,18-19H2,1H3,(H,23,24);1H. The molecule has 0 unspecified atom stereocenters. The Balaban J connectivity index is 0.00000256. The molecule has 3 saturated heterocycles. The third kappa shape index (κ3) is 6.09. The highest BCUT2D eigenvalue weighted by atomic mass is 127. The molecule has 4 rings (SSSR count). The van der Waals surface area contributed by atoms with Crippen molar-refractivity contribution in [1.29, 1.82) is 0 Å². The number of rotatable bonds is 6. The van der Waals surface area contributed by atoms with Gasteiger partial charge in [0, 0.05) is 62.9 Å². The molecule has 3 fully saturated rings. The summed E-state index contributed by atoms with van der Waals surface area (Å²) in [7, 11) is 0. The SMILES string of the molecule is CCNC(=NCC1(N2CCCC2)CCOCC1)N1CCN(Cc2cccs2)CC1.I. The van der Waals surface area contributed by atoms with Crippen molar-refractivity contribution >= 4 is 41.3 Å². The minimum absolute atomic E-state index is 0. The van der Waals surface area contributed by atoms with Crippen LogP contribution < -0.4 is 5.32 Å². The molecular formula is C22H38IN5OS. The molecule has 1 N–H and O–H groups in total. The lowest BCUT2D eigenvalue weighted by atomic mass is 9.88. The van der Waals surface area contributed by atoms with Crippen molar-refractivity contribution in [2.24, 2.45) is 4.99 Å². The molecule has 0 spiro atoms. The second-order valence-corrected chi connectivity index (χ2v) is 9.58. The Morgan fingerprint density at radius 2 is 1.87 bits per heavy atom. The minimum Gasteiger partial charge on any atom is -0.381 e. The van der Waals surface area contributed by atoms with Gasteiger partial charge in [0.05, 0.1) is 6.54 Å². The van der Waals surface area contributed by atoms with Gasteiger partial charge in [0.25, 0.3) is 0 Å². The molecule has 0 saturated carbocycles. The van der Waals surface area contributed by atoms with Crippen molar-refractivity contribution in [3.63, 3.8) is 0 Å². The molecule has 8 heteroatoms. The normalized spacial score (nSPS) is 23.4. The second-order valence-electron chi connectivity index (χ2n) is 8.54. The summed E-state index contributed by atoms with van der Waals surface area (Å²) in [6, 6.07) is 4.40. The van der Waals surface area contributed by atoms with E-state index in [9.17, 15) is 0 Å². The van der Waals surface area contributed by atoms with E-state index in [-0.39, 0.29) is 29.5 Å². The predicted molar refractivity (Wildman–Crippen MR) is 136 cm³/mol. The highest BCUT2D eigenvalue weighted by Gasteiger charge is 2.39. The highest BCUT2D eigenvalue weighted by molar-refractivity contribution is 14.0. The largest absolute Gasteiger partial charge is 0.381 e. The molecule has 0 atom stereocenters. The van der Waals surface area contributed by atoms with Crippen LogP contribution in [0, 0.1) is 0 Å². The lowest BCUT2D eigenvalue weighted by Crippen LogP contribution is -2.55. The molecule has 0 amide bonds. The number of thiophene rings is 1. The molecular weight excluding hydrogens is 509 g/mol. The number of nitrogens with one attached hydrogen (secondary N) is 1. The number of guanidine groups is 1. The quantitative estimate of drug-likeness (QED) is 0.337. The number of hydrogen-bond donors (Lipinski definition) is 1. The van der Waals surface area contributed by atoms with Crippen molar-refractivity contribution in [3.05, 3.63) is 22.4 Å². The maximum Gasteiger partial charge on any atom is 0.194 e. The molecule has 6 nitrogen and oxygen atoms in total. The summed E-state index contributed by atoms with van der Waals surface area (Å²) in [5.74, 6) is 1.10. The van der Waals surface area contributed by atoms with Gasteiger partial charge in [-0.1, -0.05) is 6.07 Å². The maximum atomic E-state index is 5.70. The number of nitrogens with zero attached hydrogens (tertiary/aromatic N) is 4. The Bertz CT molecular complexity index is 636. The topological polar surface area (TPSA) is 43.3 Å². The zero-order chi connectivity index (χ0) is 19.9. The molecule has 0 aliphatic carbocycles. The molecule has 30 heavy (non-hydrogen) atoms. The van der Waals surface area contributed by atoms with E-state index in [0.29, 0.717) is 0 Å². The molecule has 3 aliphatic heterocycles. The van der Waals surface area contributed by atoms with Crippen LogP contribution in [-0.4, -0.2) is 91.8 Å². The first-order valence-corrected chi connectivity index (χ1v) is 12.3. The maximum absolute atomic E-state index is 5.70. The van der Waals surface area contributed by atoms with Gasteiger partial charge in [0.1, 0.15) is 0 Å². The van der Waals surface area contributed by atoms with Gasteiger partial charge >= 0.3 is 0 Å². The third-order valence-electron chi connectivity index (χ3n) is 6.69. The zero-order valence-electron chi connectivity index (χ0n) is 18.4. The fourth-order valence-electron chi connectivity index (χ4n) is 4.91. The van der Waals surface area contributed by atoms with Gasteiger partial charge in [-0.25, -0.2) is 0 Å². The van der Waals surface area contributed by atoms with Crippen LogP contribution in [0.2, 0.25) is 0 Å². The Kier molecular flexibility index (Phi) is 9.68. The lowest BCUT2D eigenvalue weighted by molar-refractivity contribution is -0.0140. The summed E-state index contributed by atoms with van der Waals surface area (Å²) in [6.45, 7) is 13.6. The summed E-state index contributed by atoms with van der Waals surface area (Å²) in [4.78, 5) is 14.4. The van der Waals surface area contributed by atoms with E-state index in [1.807, 2.05) is 11.3 Å². The van der Waals surface area contributed by atoms with Crippen LogP contribution in [0.25, 0.3) is 0 Å². The molecule has 0 aromatic carbocycles. The first-order valence-electron chi connectivity index (χ1n) is 11.4. The fourth-order valence-corrected chi connectivity index (χ4v) is 5.65. The Hall–Kier alpha value is -0.420. The van der Waals surface area contributed by atoms with Crippen LogP contribution in [0.5, 0.6) is 0 Å². The highest BCUT2D eigenvalue weighted by Crippen LogP contribution is 2.31. The summed E-state index contributed by atoms with van der Waals surface area (Å²) >= 11 is 1.86. The lowest BCUT2D eigenvalue weighted by Gasteiger charge is -2.44. The van der Waals surface area contributed by atoms with Gasteiger partial charge in [0.2, 0.25) is 0 Å². The van der Waals surface area contributed by atoms with E-state index in [4.69, 9.17) is 9.73 Å². The fraction of sp³-hybridized carbons (Fsp3) is 0.773. The van der Waals surface area contributed by atoms with Crippen LogP contribution in [0.15, 0.2) is 22.5 Å². The van der Waals surface area contributed by atoms with Gasteiger partial charge in [-0.05, 0) is 57.1 Å². The van der Waals surface area contributed by atoms with E-state index in [0.717, 1.165) is 77.8 Å². The average Bonchev–Trinajstić information content (AvgIpc) is 3.47. The Morgan fingerprint density at radius 3 is 2.50 bits per heavy atom. The molecule has 1 aromatic rings. The van der Waals surface area contributed by atoms with E-state index >= 15 is 0 Å². The van der Waals surface area contributed by atoms with E-state index in [2.05, 4.69) is 44.5 Å². The Labute approximate surface area is 203 Å². The van der Waals surface area contributed by atoms with Crippen molar-refractivity contribution in [2.75, 3.05) is 65.6 Å². The van der Waals surface area contributed by atoms with Crippen molar-refractivity contribution in [3.8, 4) is 0 Å². The third-order valence-corrected chi connectivity index (χ3v) is 7.55. The smallest absolute Gasteiger partial charge is 0.194 e. The van der Waals surface area contributed by atoms with Crippen LogP contribution >= 0.6 is 35.3 Å². The first-order chi connectivity index (χ1) is 14.3. The average molecular weight is 548 g/mol. The van der Waals surface area contributed by atoms with Gasteiger partial charge < -0.3 is 15.0 Å². The summed E-state index contributed by atoms with van der Waals surface area (Å²) in [5, 5.41) is 5.74. The van der Waals surface area contributed by atoms with E-state index < -0.39 is 0 Å². The number of aliphatic imine (C=N–C) groups is 1. The van der Waals surface area contributed by atoms with E-state index in [1.54, 1.807) is 0 Å². The number of piperazine rings is 1. The van der Waals surface area contributed by atoms with Crippen molar-refractivity contribution < 1.29 is 4.74 Å². The number of ether oxygens (including phenoxy) is 1. The molecule has 0 bridgehead atoms. The molecule has 1 aromatic heterocycles. The Morgan fingerprint density at radius 1 is 1.13 bits per heavy atom. The van der Waals surface area contributed by atoms with Gasteiger partial charge in [-0.15, -0.1) is 35.3 Å². The summed E-state index contributed by atoms with van der Waals surface area (Å²) in [5.41, 5.74) is 0.205. The number of likely N-dealkylation sites (tertiary alicyclic amines) is 1. The van der Waals surface area contributed by atoms with Gasteiger partial charge in [-0.3, -0.25) is 14.8 Å². The second kappa shape index (κ2) is 12.0. The molecule has 0 radical (unpaired) electrons. The molecule has 4 heterocycles. The van der Waals surface area contributed by atoms with Crippen LogP contribution in [0.4, 0.5) is 0 Å². The number of hydrogen-bond acceptors (Lipinski definition) is 5. The van der Waals surface area contributed by atoms with E-state index in [1.165, 1.54) is 30.8 Å². The zero-order valence-corrected chi connectivity index (χ0v) is 21.5. The number of halogens is 1. The molecule has 170 valence electrons. The minimum atomic E-state index is 0. The summed E-state index contributed by atoms with van der Waals surface area (Å²) in [6.07, 6.45) is 4.90. The van der Waals surface area contributed by atoms with Gasteiger partial charge in [-0.2, -0.15) is 0 Å². The van der Waals surface area contributed by atoms with Crippen molar-refractivity contribution in [2.45, 2.75) is 44.7 Å². The summed E-state index contributed by atoms with van der Waals surface area (Å²) < 4.78 is 5.70. The first kappa shape index (κ1) is 24.2. The monoisotopic (exact) mass is 547 g/mol. The molecule has 3 aliphatic rings. The predicted octanol–water partition coefficient (Wildman–Crippen LogP) is 3.09.